The maximum atomic E-state index is 12.3. The SMILES string of the molecule is CC(C(=O)NC1CCN(c2cc(C3CC3)[nH]n2)CC1)n1cccn1. The van der Waals surface area contributed by atoms with Crippen molar-refractivity contribution < 1.29 is 4.79 Å². The molecule has 1 saturated carbocycles. The second kappa shape index (κ2) is 6.30. The van der Waals surface area contributed by atoms with Crippen molar-refractivity contribution >= 4 is 11.7 Å². The maximum Gasteiger partial charge on any atom is 0.244 e. The summed E-state index contributed by atoms with van der Waals surface area (Å²) in [6, 6.07) is 3.98. The molecule has 0 bridgehead atoms. The van der Waals surface area contributed by atoms with E-state index >= 15 is 0 Å². The van der Waals surface area contributed by atoms with E-state index in [1.807, 2.05) is 19.2 Å². The van der Waals surface area contributed by atoms with E-state index in [0.717, 1.165) is 31.7 Å². The summed E-state index contributed by atoms with van der Waals surface area (Å²) in [5.41, 5.74) is 1.27. The zero-order chi connectivity index (χ0) is 16.5. The van der Waals surface area contributed by atoms with Gasteiger partial charge in [0.15, 0.2) is 5.82 Å². The van der Waals surface area contributed by atoms with Crippen LogP contribution in [0.3, 0.4) is 0 Å². The van der Waals surface area contributed by atoms with Crippen molar-refractivity contribution in [3.05, 3.63) is 30.2 Å². The number of anilines is 1. The molecule has 1 amide bonds. The van der Waals surface area contributed by atoms with Crippen LogP contribution in [-0.2, 0) is 4.79 Å². The Bertz CT molecular complexity index is 682. The minimum atomic E-state index is -0.273. The van der Waals surface area contributed by atoms with Gasteiger partial charge < -0.3 is 10.2 Å². The second-order valence-electron chi connectivity index (χ2n) is 6.89. The largest absolute Gasteiger partial charge is 0.355 e. The van der Waals surface area contributed by atoms with Crippen LogP contribution in [0, 0.1) is 0 Å². The van der Waals surface area contributed by atoms with Crippen LogP contribution in [0.2, 0.25) is 0 Å². The van der Waals surface area contributed by atoms with Crippen molar-refractivity contribution in [1.82, 2.24) is 25.3 Å². The summed E-state index contributed by atoms with van der Waals surface area (Å²) >= 11 is 0. The highest BCUT2D eigenvalue weighted by atomic mass is 16.2. The fourth-order valence-corrected chi connectivity index (χ4v) is 3.30. The molecule has 0 spiro atoms. The number of amides is 1. The molecule has 2 aliphatic rings. The number of nitrogens with one attached hydrogen (secondary N) is 2. The Hall–Kier alpha value is -2.31. The van der Waals surface area contributed by atoms with Gasteiger partial charge in [-0.25, -0.2) is 0 Å². The van der Waals surface area contributed by atoms with E-state index in [1.165, 1.54) is 18.5 Å². The fraction of sp³-hybridized carbons (Fsp3) is 0.588. The number of H-pyrrole nitrogens is 1. The molecule has 1 saturated heterocycles. The lowest BCUT2D eigenvalue weighted by atomic mass is 10.0. The van der Waals surface area contributed by atoms with Gasteiger partial charge in [0.2, 0.25) is 5.91 Å². The van der Waals surface area contributed by atoms with Crippen molar-refractivity contribution in [2.75, 3.05) is 18.0 Å². The molecule has 2 aromatic rings. The highest BCUT2D eigenvalue weighted by molar-refractivity contribution is 5.80. The molecule has 128 valence electrons. The summed E-state index contributed by atoms with van der Waals surface area (Å²) in [4.78, 5) is 14.7. The molecule has 0 radical (unpaired) electrons. The summed E-state index contributed by atoms with van der Waals surface area (Å²) < 4.78 is 1.69. The van der Waals surface area contributed by atoms with Crippen LogP contribution in [-0.4, -0.2) is 45.0 Å². The Morgan fingerprint density at radius 3 is 2.79 bits per heavy atom. The fourth-order valence-electron chi connectivity index (χ4n) is 3.30. The Morgan fingerprint density at radius 2 is 2.12 bits per heavy atom. The average molecular weight is 328 g/mol. The highest BCUT2D eigenvalue weighted by Crippen LogP contribution is 2.40. The lowest BCUT2D eigenvalue weighted by Gasteiger charge is -2.32. The van der Waals surface area contributed by atoms with Crippen LogP contribution in [0.4, 0.5) is 5.82 Å². The lowest BCUT2D eigenvalue weighted by molar-refractivity contribution is -0.125. The van der Waals surface area contributed by atoms with Gasteiger partial charge in [0, 0.05) is 49.2 Å². The van der Waals surface area contributed by atoms with Gasteiger partial charge in [-0.15, -0.1) is 0 Å². The molecular weight excluding hydrogens is 304 g/mol. The summed E-state index contributed by atoms with van der Waals surface area (Å²) in [6.07, 6.45) is 7.98. The third kappa shape index (κ3) is 3.16. The molecule has 2 N–H and O–H groups in total. The normalized spacial score (nSPS) is 20.1. The van der Waals surface area contributed by atoms with Crippen LogP contribution < -0.4 is 10.2 Å². The predicted molar refractivity (Wildman–Crippen MR) is 90.9 cm³/mol. The maximum absolute atomic E-state index is 12.3. The first-order chi connectivity index (χ1) is 11.7. The Balaban J connectivity index is 1.28. The molecule has 2 aromatic heterocycles. The molecular formula is C17H24N6O. The zero-order valence-corrected chi connectivity index (χ0v) is 14.0. The first kappa shape index (κ1) is 15.2. The van der Waals surface area contributed by atoms with E-state index in [0.29, 0.717) is 5.92 Å². The lowest BCUT2D eigenvalue weighted by Crippen LogP contribution is -2.46. The van der Waals surface area contributed by atoms with E-state index in [4.69, 9.17) is 0 Å². The first-order valence-electron chi connectivity index (χ1n) is 8.80. The number of aromatic nitrogens is 4. The molecule has 7 nitrogen and oxygen atoms in total. The molecule has 1 aliphatic carbocycles. The van der Waals surface area contributed by atoms with Crippen molar-refractivity contribution in [3.63, 3.8) is 0 Å². The standard InChI is InChI=1S/C17H24N6O/c1-12(23-8-2-7-18-23)17(24)19-14-5-9-22(10-6-14)16-11-15(20-21-16)13-3-4-13/h2,7-8,11-14H,3-6,9-10H2,1H3,(H,19,24)(H,20,21). The molecule has 4 rings (SSSR count). The molecule has 7 heteroatoms. The first-order valence-corrected chi connectivity index (χ1v) is 8.80. The minimum Gasteiger partial charge on any atom is -0.355 e. The Kier molecular flexibility index (Phi) is 4.00. The van der Waals surface area contributed by atoms with Crippen molar-refractivity contribution in [2.45, 2.75) is 50.6 Å². The van der Waals surface area contributed by atoms with Gasteiger partial charge in [-0.05, 0) is 38.7 Å². The summed E-state index contributed by atoms with van der Waals surface area (Å²) in [5, 5.41) is 14.9. The number of rotatable bonds is 5. The zero-order valence-electron chi connectivity index (χ0n) is 14.0. The van der Waals surface area contributed by atoms with E-state index in [-0.39, 0.29) is 18.0 Å². The van der Waals surface area contributed by atoms with Gasteiger partial charge in [0.05, 0.1) is 0 Å². The smallest absolute Gasteiger partial charge is 0.244 e. The van der Waals surface area contributed by atoms with E-state index in [1.54, 1.807) is 10.9 Å². The van der Waals surface area contributed by atoms with Crippen molar-refractivity contribution in [1.29, 1.82) is 0 Å². The molecule has 1 aliphatic heterocycles. The van der Waals surface area contributed by atoms with Gasteiger partial charge in [-0.3, -0.25) is 14.6 Å². The van der Waals surface area contributed by atoms with Gasteiger partial charge in [0.1, 0.15) is 6.04 Å². The quantitative estimate of drug-likeness (QED) is 0.878. The topological polar surface area (TPSA) is 78.8 Å². The number of carbonyl (C=O) groups is 1. The molecule has 2 fully saturated rings. The summed E-state index contributed by atoms with van der Waals surface area (Å²) in [7, 11) is 0. The third-order valence-electron chi connectivity index (χ3n) is 5.07. The van der Waals surface area contributed by atoms with Gasteiger partial charge >= 0.3 is 0 Å². The van der Waals surface area contributed by atoms with Crippen molar-refractivity contribution in [2.24, 2.45) is 0 Å². The average Bonchev–Trinajstić information content (AvgIpc) is 3.12. The van der Waals surface area contributed by atoms with E-state index < -0.39 is 0 Å². The monoisotopic (exact) mass is 328 g/mol. The van der Waals surface area contributed by atoms with Crippen LogP contribution in [0.25, 0.3) is 0 Å². The van der Waals surface area contributed by atoms with E-state index in [2.05, 4.69) is 31.6 Å². The summed E-state index contributed by atoms with van der Waals surface area (Å²) in [5.74, 6) is 1.78. The van der Waals surface area contributed by atoms with Crippen LogP contribution >= 0.6 is 0 Å². The summed E-state index contributed by atoms with van der Waals surface area (Å²) in [6.45, 7) is 3.73. The van der Waals surface area contributed by atoms with Gasteiger partial charge in [-0.1, -0.05) is 0 Å². The highest BCUT2D eigenvalue weighted by Gasteiger charge is 2.28. The minimum absolute atomic E-state index is 0.0351. The Labute approximate surface area is 141 Å². The van der Waals surface area contributed by atoms with Crippen molar-refractivity contribution in [3.8, 4) is 0 Å². The molecule has 1 atom stereocenters. The number of carbonyl (C=O) groups excluding carboxylic acids is 1. The van der Waals surface area contributed by atoms with E-state index in [9.17, 15) is 4.79 Å². The molecule has 1 unspecified atom stereocenters. The third-order valence-corrected chi connectivity index (χ3v) is 5.07. The number of nitrogens with zero attached hydrogens (tertiary/aromatic N) is 4. The number of hydrogen-bond acceptors (Lipinski definition) is 4. The predicted octanol–water partition coefficient (Wildman–Crippen LogP) is 1.83. The Morgan fingerprint density at radius 1 is 1.33 bits per heavy atom. The number of piperidine rings is 1. The molecule has 0 aromatic carbocycles. The molecule has 3 heterocycles. The molecule has 24 heavy (non-hydrogen) atoms. The number of aromatic amines is 1. The van der Waals surface area contributed by atoms with Gasteiger partial charge in [0.25, 0.3) is 0 Å². The number of hydrogen-bond donors (Lipinski definition) is 2. The van der Waals surface area contributed by atoms with Gasteiger partial charge in [-0.2, -0.15) is 10.2 Å². The van der Waals surface area contributed by atoms with Crippen LogP contribution in [0.15, 0.2) is 24.5 Å². The van der Waals surface area contributed by atoms with Crippen LogP contribution in [0.1, 0.15) is 50.3 Å². The second-order valence-corrected chi connectivity index (χ2v) is 6.89. The van der Waals surface area contributed by atoms with Crippen LogP contribution in [0.5, 0.6) is 0 Å².